The monoisotopic (exact) mass is 885 g/mol. The number of esters is 2. The highest BCUT2D eigenvalue weighted by Gasteiger charge is 2.78. The fourth-order valence-corrected chi connectivity index (χ4v) is 9.97. The molecule has 3 aliphatic carbocycles. The molecule has 0 aromatic heterocycles. The molecule has 3 aliphatic heterocycles. The number of rotatable bonds is 14. The summed E-state index contributed by atoms with van der Waals surface area (Å²) in [4.78, 5) is 65.1. The van der Waals surface area contributed by atoms with Gasteiger partial charge in [0.2, 0.25) is 11.8 Å². The van der Waals surface area contributed by atoms with Gasteiger partial charge in [-0.3, -0.25) is 24.0 Å². The van der Waals surface area contributed by atoms with Gasteiger partial charge in [-0.05, 0) is 98.7 Å². The quantitative estimate of drug-likeness (QED) is 0.209. The number of ether oxygens (including phenoxy) is 4. The molecular weight excluding hydrogens is 833 g/mol. The first-order valence-electron chi connectivity index (χ1n) is 19.9. The summed E-state index contributed by atoms with van der Waals surface area (Å²) >= 11 is 2.24. The molecule has 8 atom stereocenters. The molecule has 3 saturated heterocycles. The van der Waals surface area contributed by atoms with Crippen molar-refractivity contribution in [3.05, 3.63) is 69.3 Å². The summed E-state index contributed by atoms with van der Waals surface area (Å²) < 4.78 is 26.6. The molecule has 0 unspecified atom stereocenters. The number of nitrogens with zero attached hydrogens (tertiary/aromatic N) is 2. The number of aliphatic hydroxyl groups excluding tert-OH is 1. The summed E-state index contributed by atoms with van der Waals surface area (Å²) in [6.45, 7) is 5.13. The second kappa shape index (κ2) is 15.2. The Morgan fingerprint density at radius 1 is 1.02 bits per heavy atom. The molecule has 0 radical (unpaired) electrons. The van der Waals surface area contributed by atoms with Crippen LogP contribution >= 0.6 is 22.6 Å². The minimum absolute atomic E-state index is 0.0155. The second-order valence-corrected chi connectivity index (χ2v) is 18.7. The van der Waals surface area contributed by atoms with E-state index < -0.39 is 89.7 Å². The van der Waals surface area contributed by atoms with E-state index in [2.05, 4.69) is 27.9 Å². The third-order valence-corrected chi connectivity index (χ3v) is 12.8. The summed E-state index contributed by atoms with van der Waals surface area (Å²) in [5.74, 6) is -2.27. The summed E-state index contributed by atoms with van der Waals surface area (Å²) in [5, 5.41) is 14.8. The van der Waals surface area contributed by atoms with Crippen LogP contribution in [-0.4, -0.2) is 106 Å². The maximum Gasteiger partial charge on any atom is 0.327 e. The van der Waals surface area contributed by atoms with E-state index in [4.69, 9.17) is 23.8 Å². The lowest BCUT2D eigenvalue weighted by atomic mass is 9.62. The standard InChI is InChI=1S/C42H52IN3O10/c1-40(2,3)53-32(48)18-17-29(23-47)44-37(49)30(20-24-9-6-5-7-10-24)45(4)39(51)41-21-31-33-34(55-42(54-33,26-13-14-26)27-15-16-27)36(41)56-46(35(41)38(50)52-31)22-25-11-8-12-28(43)19-25/h5-12,19,26-27,29-31,33-36,47H,13-18,20-23H2,1-4H3,(H,44,49)/t29-,30+,31+,33-,34-,35-,36+,41-/m0/s1. The van der Waals surface area contributed by atoms with Crippen LogP contribution in [0.5, 0.6) is 0 Å². The molecular formula is C42H52IN3O10. The number of hydroxylamine groups is 2. The van der Waals surface area contributed by atoms with Crippen LogP contribution in [0.3, 0.4) is 0 Å². The van der Waals surface area contributed by atoms with Crippen LogP contribution in [0.2, 0.25) is 0 Å². The van der Waals surface area contributed by atoms with Gasteiger partial charge >= 0.3 is 11.9 Å². The van der Waals surface area contributed by atoms with Crippen LogP contribution in [-0.2, 0) is 55.9 Å². The number of carbonyl (C=O) groups excluding carboxylic acids is 4. The minimum Gasteiger partial charge on any atom is -0.460 e. The van der Waals surface area contributed by atoms with E-state index in [0.717, 1.165) is 40.4 Å². The fraction of sp³-hybridized carbons (Fsp3) is 0.619. The van der Waals surface area contributed by atoms with Crippen LogP contribution in [0.15, 0.2) is 54.6 Å². The maximum atomic E-state index is 15.6. The first-order valence-corrected chi connectivity index (χ1v) is 21.0. The lowest BCUT2D eigenvalue weighted by molar-refractivity contribution is -0.235. The van der Waals surface area contributed by atoms with Crippen LogP contribution in [0.4, 0.5) is 0 Å². The zero-order valence-corrected chi connectivity index (χ0v) is 34.5. The molecule has 2 amide bonds. The van der Waals surface area contributed by atoms with E-state index >= 15 is 4.79 Å². The van der Waals surface area contributed by atoms with E-state index in [9.17, 15) is 19.5 Å². The topological polar surface area (TPSA) is 153 Å². The number of fused-ring (bicyclic) bond motifs is 4. The molecule has 2 aromatic carbocycles. The number of aliphatic hydroxyl groups is 1. The third kappa shape index (κ3) is 7.49. The Labute approximate surface area is 341 Å². The molecule has 302 valence electrons. The van der Waals surface area contributed by atoms with Gasteiger partial charge < -0.3 is 34.3 Å². The molecule has 13 nitrogen and oxygen atoms in total. The Kier molecular flexibility index (Phi) is 10.8. The van der Waals surface area contributed by atoms with Crippen molar-refractivity contribution in [2.45, 2.75) is 133 Å². The number of hydrogen-bond acceptors (Lipinski definition) is 11. The normalized spacial score (nSPS) is 30.2. The Morgan fingerprint density at radius 2 is 1.70 bits per heavy atom. The number of carbonyl (C=O) groups is 4. The van der Waals surface area contributed by atoms with Crippen LogP contribution in [0.25, 0.3) is 0 Å². The number of benzene rings is 2. The van der Waals surface area contributed by atoms with E-state index in [1.54, 1.807) is 32.9 Å². The lowest BCUT2D eigenvalue weighted by Gasteiger charge is -2.50. The van der Waals surface area contributed by atoms with Gasteiger partial charge in [-0.15, -0.1) is 0 Å². The average Bonchev–Trinajstić information content (AvgIpc) is 4.10. The minimum atomic E-state index is -1.47. The van der Waals surface area contributed by atoms with Crippen molar-refractivity contribution in [3.63, 3.8) is 0 Å². The van der Waals surface area contributed by atoms with Gasteiger partial charge in [0.1, 0.15) is 41.5 Å². The van der Waals surface area contributed by atoms with E-state index in [-0.39, 0.29) is 44.1 Å². The number of likely N-dealkylation sites (N-methyl/N-ethyl adjacent to an activating group) is 1. The van der Waals surface area contributed by atoms with Gasteiger partial charge in [-0.1, -0.05) is 42.5 Å². The molecule has 3 saturated carbocycles. The fourth-order valence-electron chi connectivity index (χ4n) is 9.37. The van der Waals surface area contributed by atoms with E-state index in [1.165, 1.54) is 4.90 Å². The molecule has 56 heavy (non-hydrogen) atoms. The molecule has 2 aromatic rings. The molecule has 6 fully saturated rings. The van der Waals surface area contributed by atoms with Gasteiger partial charge in [0.05, 0.1) is 19.2 Å². The van der Waals surface area contributed by atoms with E-state index in [0.29, 0.717) is 0 Å². The molecule has 8 rings (SSSR count). The molecule has 3 heterocycles. The maximum absolute atomic E-state index is 15.6. The Bertz CT molecular complexity index is 1820. The predicted molar refractivity (Wildman–Crippen MR) is 209 cm³/mol. The van der Waals surface area contributed by atoms with Crippen molar-refractivity contribution in [2.75, 3.05) is 13.7 Å². The first-order chi connectivity index (χ1) is 26.7. The Morgan fingerprint density at radius 3 is 2.34 bits per heavy atom. The smallest absolute Gasteiger partial charge is 0.327 e. The van der Waals surface area contributed by atoms with Crippen molar-refractivity contribution in [2.24, 2.45) is 17.3 Å². The summed E-state index contributed by atoms with van der Waals surface area (Å²) in [6.07, 6.45) is 1.46. The highest BCUT2D eigenvalue weighted by molar-refractivity contribution is 14.1. The number of halogens is 1. The highest BCUT2D eigenvalue weighted by Crippen LogP contribution is 2.64. The van der Waals surface area contributed by atoms with Crippen LogP contribution < -0.4 is 5.32 Å². The Hall–Kier alpha value is -3.15. The average molecular weight is 886 g/mol. The van der Waals surface area contributed by atoms with Crippen molar-refractivity contribution < 1.29 is 48.1 Å². The highest BCUT2D eigenvalue weighted by atomic mass is 127. The van der Waals surface area contributed by atoms with Gasteiger partial charge in [0.25, 0.3) is 0 Å². The van der Waals surface area contributed by atoms with E-state index in [1.807, 2.05) is 54.6 Å². The van der Waals surface area contributed by atoms with Crippen LogP contribution in [0, 0.1) is 20.8 Å². The zero-order chi connectivity index (χ0) is 39.6. The SMILES string of the molecule is CN(C(=O)[C@@]12C[C@H]3OC(=O)[C@@H]1N(Cc1cccc(I)c1)O[C@@H]2[C@H]1OC(C2CC2)(C2CC2)O[C@H]13)[C@H](Cc1ccccc1)C(=O)N[C@H](CO)CCC(=O)OC(C)(C)C. The molecule has 2 bridgehead atoms. The molecule has 2 N–H and O–H groups in total. The van der Waals surface area contributed by atoms with Gasteiger partial charge in [-0.25, -0.2) is 0 Å². The molecule has 6 aliphatic rings. The first kappa shape index (κ1) is 39.7. The molecule has 0 spiro atoms. The predicted octanol–water partition coefficient (Wildman–Crippen LogP) is 4.06. The number of hydrogen-bond donors (Lipinski definition) is 2. The third-order valence-electron chi connectivity index (χ3n) is 12.2. The second-order valence-electron chi connectivity index (χ2n) is 17.4. The van der Waals surface area contributed by atoms with Crippen molar-refractivity contribution >= 4 is 46.3 Å². The number of nitrogens with one attached hydrogen (secondary N) is 1. The summed E-state index contributed by atoms with van der Waals surface area (Å²) in [5.41, 5.74) is -0.427. The summed E-state index contributed by atoms with van der Waals surface area (Å²) in [7, 11) is 1.59. The van der Waals surface area contributed by atoms with Crippen molar-refractivity contribution in [1.29, 1.82) is 0 Å². The largest absolute Gasteiger partial charge is 0.460 e. The summed E-state index contributed by atoms with van der Waals surface area (Å²) in [6, 6.07) is 14.3. The molecule has 14 heteroatoms. The zero-order valence-electron chi connectivity index (χ0n) is 32.4. The Balaban J connectivity index is 1.12. The van der Waals surface area contributed by atoms with Gasteiger partial charge in [-0.2, -0.15) is 5.06 Å². The number of amides is 2. The van der Waals surface area contributed by atoms with Crippen molar-refractivity contribution in [3.8, 4) is 0 Å². The van der Waals surface area contributed by atoms with Gasteiger partial charge in [0, 0.05) is 41.7 Å². The van der Waals surface area contributed by atoms with Gasteiger partial charge in [0.15, 0.2) is 11.8 Å². The van der Waals surface area contributed by atoms with Crippen molar-refractivity contribution in [1.82, 2.24) is 15.3 Å². The van der Waals surface area contributed by atoms with Crippen LogP contribution in [0.1, 0.15) is 76.8 Å². The lowest BCUT2D eigenvalue weighted by Crippen LogP contribution is -2.70.